The van der Waals surface area contributed by atoms with Gasteiger partial charge in [0.25, 0.3) is 11.2 Å². The minimum atomic E-state index is -3.68. The topological polar surface area (TPSA) is 137 Å². The van der Waals surface area contributed by atoms with Gasteiger partial charge in [-0.2, -0.15) is 0 Å². The quantitative estimate of drug-likeness (QED) is 0.245. The Hall–Kier alpha value is -2.15. The lowest BCUT2D eigenvalue weighted by molar-refractivity contribution is 0.409. The molecule has 1 aliphatic heterocycles. The maximum Gasteiger partial charge on any atom is 0.269 e. The molecular weight excluding hydrogens is 490 g/mol. The van der Waals surface area contributed by atoms with Gasteiger partial charge in [-0.1, -0.05) is 19.9 Å². The molecule has 1 aromatic heterocycles. The van der Waals surface area contributed by atoms with E-state index in [1.165, 1.54) is 14.1 Å². The van der Waals surface area contributed by atoms with Crippen molar-refractivity contribution in [3.05, 3.63) is 47.3 Å². The number of aliphatic hydroxyl groups is 1. The summed E-state index contributed by atoms with van der Waals surface area (Å²) in [5, 5.41) is 16.3. The van der Waals surface area contributed by atoms with E-state index in [9.17, 15) is 17.7 Å². The Morgan fingerprint density at radius 2 is 2.00 bits per heavy atom. The number of rotatable bonds is 10. The van der Waals surface area contributed by atoms with Gasteiger partial charge < -0.3 is 20.2 Å². The van der Waals surface area contributed by atoms with Crippen molar-refractivity contribution in [2.45, 2.75) is 45.0 Å². The SMILES string of the molecule is CC/C=C(NC1=NS(=O)N=C1N[C@H](CC)c1ccco1)\C(O)=C(\CS(=O)(=O)N(C)C)C(C)Cl. The fraction of sp³-hybridized carbons (Fsp3) is 0.500. The highest BCUT2D eigenvalue weighted by atomic mass is 35.5. The lowest BCUT2D eigenvalue weighted by Crippen LogP contribution is -2.40. The van der Waals surface area contributed by atoms with Crippen LogP contribution >= 0.6 is 11.6 Å². The van der Waals surface area contributed by atoms with Crippen LogP contribution in [0.4, 0.5) is 0 Å². The lowest BCUT2D eigenvalue weighted by atomic mass is 10.1. The minimum Gasteiger partial charge on any atom is -0.506 e. The Kier molecular flexibility index (Phi) is 9.70. The summed E-state index contributed by atoms with van der Waals surface area (Å²) in [6, 6.07) is 3.34. The van der Waals surface area contributed by atoms with E-state index in [1.807, 2.05) is 19.9 Å². The van der Waals surface area contributed by atoms with Gasteiger partial charge in [0, 0.05) is 19.7 Å². The van der Waals surface area contributed by atoms with E-state index in [4.69, 9.17) is 16.0 Å². The Morgan fingerprint density at radius 3 is 2.52 bits per heavy atom. The third-order valence-corrected chi connectivity index (χ3v) is 7.49. The van der Waals surface area contributed by atoms with Gasteiger partial charge in [-0.15, -0.1) is 20.4 Å². The standard InChI is InChI=1S/C20H30ClN5O5S2/c1-6-9-16(18(27)14(13(3)21)12-33(29,30)26(4)5)23-20-19(24-32(28)25-20)22-15(7-2)17-10-8-11-31-17/h8-11,13,15,27H,6-7,12H2,1-5H3,(H,22,24)(H,23,25)/b16-9+,18-14+/t13?,15-,32?/m1/s1. The van der Waals surface area contributed by atoms with Gasteiger partial charge in [0.05, 0.1) is 29.1 Å². The summed E-state index contributed by atoms with van der Waals surface area (Å²) in [6.07, 6.45) is 4.38. The Bertz CT molecular complexity index is 1080. The number of nitrogens with zero attached hydrogens (tertiary/aromatic N) is 3. The Morgan fingerprint density at radius 1 is 1.33 bits per heavy atom. The summed E-state index contributed by atoms with van der Waals surface area (Å²) in [6.45, 7) is 5.38. The highest BCUT2D eigenvalue weighted by molar-refractivity contribution is 7.89. The molecule has 0 amide bonds. The second-order valence-electron chi connectivity index (χ2n) is 7.41. The maximum absolute atomic E-state index is 12.4. The molecule has 2 heterocycles. The molecule has 3 atom stereocenters. The molecule has 0 aliphatic carbocycles. The van der Waals surface area contributed by atoms with Crippen LogP contribution in [0.2, 0.25) is 0 Å². The second-order valence-corrected chi connectivity index (χ2v) is 11.1. The number of allylic oxidation sites excluding steroid dienone is 1. The first-order chi connectivity index (χ1) is 15.5. The third-order valence-electron chi connectivity index (χ3n) is 4.76. The van der Waals surface area contributed by atoms with E-state index >= 15 is 0 Å². The van der Waals surface area contributed by atoms with Gasteiger partial charge in [0.2, 0.25) is 10.0 Å². The number of hydrogen-bond acceptors (Lipinski definition) is 7. The molecule has 2 unspecified atom stereocenters. The van der Waals surface area contributed by atoms with Gasteiger partial charge in [-0.3, -0.25) is 0 Å². The molecule has 33 heavy (non-hydrogen) atoms. The van der Waals surface area contributed by atoms with Crippen LogP contribution in [0.3, 0.4) is 0 Å². The number of nitrogens with one attached hydrogen (secondary N) is 2. The van der Waals surface area contributed by atoms with Gasteiger partial charge in [-0.05, 0) is 31.9 Å². The van der Waals surface area contributed by atoms with E-state index in [-0.39, 0.29) is 34.7 Å². The zero-order chi connectivity index (χ0) is 24.8. The molecule has 2 rings (SSSR count). The van der Waals surface area contributed by atoms with Crippen molar-refractivity contribution in [1.82, 2.24) is 14.9 Å². The average molecular weight is 520 g/mol. The monoisotopic (exact) mass is 519 g/mol. The smallest absolute Gasteiger partial charge is 0.269 e. The summed E-state index contributed by atoms with van der Waals surface area (Å²) in [4.78, 5) is 0. The van der Waals surface area contributed by atoms with Gasteiger partial charge in [0.15, 0.2) is 11.7 Å². The first kappa shape index (κ1) is 27.1. The van der Waals surface area contributed by atoms with Crippen molar-refractivity contribution in [2.24, 2.45) is 8.80 Å². The van der Waals surface area contributed by atoms with Crippen molar-refractivity contribution in [2.75, 3.05) is 19.8 Å². The zero-order valence-corrected chi connectivity index (χ0v) is 21.6. The fourth-order valence-corrected chi connectivity index (χ4v) is 4.81. The summed E-state index contributed by atoms with van der Waals surface area (Å²) in [7, 11) is -0.863. The molecule has 0 spiro atoms. The van der Waals surface area contributed by atoms with E-state index < -0.39 is 32.3 Å². The van der Waals surface area contributed by atoms with Crippen LogP contribution in [0.25, 0.3) is 0 Å². The normalized spacial score (nSPS) is 19.6. The molecule has 0 saturated carbocycles. The third kappa shape index (κ3) is 7.16. The van der Waals surface area contributed by atoms with Crippen LogP contribution in [0.1, 0.15) is 45.4 Å². The number of aliphatic hydroxyl groups excluding tert-OH is 1. The van der Waals surface area contributed by atoms with E-state index in [1.54, 1.807) is 25.3 Å². The number of sulfonamides is 1. The number of amidine groups is 2. The van der Waals surface area contributed by atoms with Crippen LogP contribution < -0.4 is 10.6 Å². The molecule has 1 aromatic rings. The van der Waals surface area contributed by atoms with E-state index in [0.717, 1.165) is 4.31 Å². The first-order valence-corrected chi connectivity index (χ1v) is 13.4. The number of alkyl halides is 1. The van der Waals surface area contributed by atoms with Gasteiger partial charge in [-0.25, -0.2) is 16.9 Å². The molecule has 0 fully saturated rings. The predicted octanol–water partition coefficient (Wildman–Crippen LogP) is 2.92. The summed E-state index contributed by atoms with van der Waals surface area (Å²) in [5.74, 6) is 0.265. The highest BCUT2D eigenvalue weighted by Gasteiger charge is 2.27. The van der Waals surface area contributed by atoms with E-state index in [2.05, 4.69) is 19.4 Å². The number of hydrogen-bond donors (Lipinski definition) is 3. The zero-order valence-electron chi connectivity index (χ0n) is 19.2. The molecule has 1 aliphatic rings. The average Bonchev–Trinajstić information content (AvgIpc) is 3.39. The van der Waals surface area contributed by atoms with Crippen molar-refractivity contribution in [3.8, 4) is 0 Å². The lowest BCUT2D eigenvalue weighted by Gasteiger charge is -2.20. The minimum absolute atomic E-state index is 0.116. The van der Waals surface area contributed by atoms with Crippen molar-refractivity contribution in [1.29, 1.82) is 0 Å². The van der Waals surface area contributed by atoms with Crippen molar-refractivity contribution in [3.63, 3.8) is 0 Å². The van der Waals surface area contributed by atoms with Crippen molar-refractivity contribution < 1.29 is 22.2 Å². The number of furan rings is 1. The van der Waals surface area contributed by atoms with Crippen LogP contribution in [-0.2, 0) is 21.2 Å². The molecule has 0 bridgehead atoms. The molecule has 10 nitrogen and oxygen atoms in total. The summed E-state index contributed by atoms with van der Waals surface area (Å²) >= 11 is 4.37. The van der Waals surface area contributed by atoms with Crippen LogP contribution in [-0.4, -0.2) is 58.9 Å². The molecule has 184 valence electrons. The Labute approximate surface area is 202 Å². The van der Waals surface area contributed by atoms with Gasteiger partial charge >= 0.3 is 0 Å². The molecule has 0 saturated heterocycles. The Balaban J connectivity index is 2.36. The number of halogens is 1. The first-order valence-electron chi connectivity index (χ1n) is 10.3. The summed E-state index contributed by atoms with van der Waals surface area (Å²) in [5.41, 5.74) is 0.304. The molecule has 0 radical (unpaired) electrons. The summed E-state index contributed by atoms with van der Waals surface area (Å²) < 4.78 is 51.4. The molecule has 3 N–H and O–H groups in total. The van der Waals surface area contributed by atoms with Crippen LogP contribution in [0.5, 0.6) is 0 Å². The van der Waals surface area contributed by atoms with Crippen molar-refractivity contribution >= 4 is 44.5 Å². The maximum atomic E-state index is 12.4. The fourth-order valence-electron chi connectivity index (χ4n) is 2.88. The van der Waals surface area contributed by atoms with Crippen LogP contribution in [0, 0.1) is 0 Å². The van der Waals surface area contributed by atoms with Crippen LogP contribution in [0.15, 0.2) is 54.7 Å². The predicted molar refractivity (Wildman–Crippen MR) is 132 cm³/mol. The molecule has 0 aromatic carbocycles. The second kappa shape index (κ2) is 11.8. The van der Waals surface area contributed by atoms with Gasteiger partial charge in [0.1, 0.15) is 11.5 Å². The molecular formula is C20H30ClN5O5S2. The molecule has 13 heteroatoms. The van der Waals surface area contributed by atoms with E-state index in [0.29, 0.717) is 18.6 Å². The largest absolute Gasteiger partial charge is 0.506 e. The highest BCUT2D eigenvalue weighted by Crippen LogP contribution is 2.22.